The van der Waals surface area contributed by atoms with E-state index < -0.39 is 15.8 Å². The van der Waals surface area contributed by atoms with Crippen LogP contribution in [0.25, 0.3) is 0 Å². The largest absolute Gasteiger partial charge is 0.0625 e. The second-order valence-electron chi connectivity index (χ2n) is 9.38. The SMILES string of the molecule is CC(C)C(C(C)P(c1ccccc1)c1ccccc1)C(C)P(c1ccccc1)c1ccccc1. The van der Waals surface area contributed by atoms with Crippen LogP contribution in [-0.2, 0) is 0 Å². The first-order valence-corrected chi connectivity index (χ1v) is 15.2. The van der Waals surface area contributed by atoms with Crippen LogP contribution in [0.5, 0.6) is 0 Å². The molecule has 4 aromatic carbocycles. The van der Waals surface area contributed by atoms with Crippen molar-refractivity contribution in [2.24, 2.45) is 11.8 Å². The minimum Gasteiger partial charge on any atom is -0.0625 e. The Kier molecular flexibility index (Phi) is 8.72. The molecule has 2 atom stereocenters. The van der Waals surface area contributed by atoms with E-state index in [1.54, 1.807) is 0 Å². The Balaban J connectivity index is 1.78. The van der Waals surface area contributed by atoms with Crippen molar-refractivity contribution in [1.82, 2.24) is 0 Å². The van der Waals surface area contributed by atoms with E-state index in [9.17, 15) is 0 Å². The molecule has 34 heavy (non-hydrogen) atoms. The van der Waals surface area contributed by atoms with E-state index >= 15 is 0 Å². The number of benzene rings is 4. The van der Waals surface area contributed by atoms with Gasteiger partial charge in [0.05, 0.1) is 0 Å². The van der Waals surface area contributed by atoms with E-state index in [0.29, 0.717) is 23.2 Å². The molecule has 0 aromatic heterocycles. The van der Waals surface area contributed by atoms with Crippen LogP contribution in [0, 0.1) is 11.8 Å². The second kappa shape index (κ2) is 11.9. The predicted molar refractivity (Wildman–Crippen MR) is 155 cm³/mol. The Morgan fingerprint density at radius 1 is 0.382 bits per heavy atom. The summed E-state index contributed by atoms with van der Waals surface area (Å²) < 4.78 is 0. The Hall–Kier alpha value is -2.26. The first-order chi connectivity index (χ1) is 16.6. The summed E-state index contributed by atoms with van der Waals surface area (Å²) in [6.45, 7) is 9.92. The molecule has 0 fully saturated rings. The Labute approximate surface area is 209 Å². The molecule has 0 aliphatic rings. The van der Waals surface area contributed by atoms with Gasteiger partial charge in [-0.15, -0.1) is 0 Å². The number of hydrogen-bond acceptors (Lipinski definition) is 0. The standard InChI is InChI=1S/C32H36P2/c1-25(2)32(26(3)33(28-17-9-5-10-18-28)29-19-11-6-12-20-29)27(4)34(30-21-13-7-14-22-30)31-23-15-8-16-24-31/h5-27,32H,1-4H3. The lowest BCUT2D eigenvalue weighted by Gasteiger charge is -2.41. The molecular formula is C32H36P2. The van der Waals surface area contributed by atoms with E-state index in [4.69, 9.17) is 0 Å². The average molecular weight is 483 g/mol. The maximum absolute atomic E-state index is 2.52. The molecule has 4 aromatic rings. The van der Waals surface area contributed by atoms with Crippen LogP contribution in [0.4, 0.5) is 0 Å². The van der Waals surface area contributed by atoms with Crippen LogP contribution in [0.2, 0.25) is 0 Å². The molecule has 0 aliphatic heterocycles. The maximum atomic E-state index is 2.52. The highest BCUT2D eigenvalue weighted by Gasteiger charge is 2.37. The monoisotopic (exact) mass is 482 g/mol. The molecule has 0 heterocycles. The van der Waals surface area contributed by atoms with Crippen molar-refractivity contribution in [3.63, 3.8) is 0 Å². The zero-order chi connectivity index (χ0) is 23.9. The van der Waals surface area contributed by atoms with Crippen molar-refractivity contribution in [3.8, 4) is 0 Å². The topological polar surface area (TPSA) is 0 Å². The van der Waals surface area contributed by atoms with Crippen molar-refractivity contribution in [2.75, 3.05) is 0 Å². The molecule has 0 saturated heterocycles. The van der Waals surface area contributed by atoms with Crippen LogP contribution < -0.4 is 21.2 Å². The molecule has 0 aliphatic carbocycles. The fraction of sp³-hybridized carbons (Fsp3) is 0.250. The van der Waals surface area contributed by atoms with Gasteiger partial charge >= 0.3 is 0 Å². The summed E-state index contributed by atoms with van der Waals surface area (Å²) in [5.74, 6) is 1.19. The summed E-state index contributed by atoms with van der Waals surface area (Å²) in [6.07, 6.45) is 0. The Morgan fingerprint density at radius 3 is 0.824 bits per heavy atom. The molecule has 0 radical (unpaired) electrons. The average Bonchev–Trinajstić information content (AvgIpc) is 2.87. The van der Waals surface area contributed by atoms with Crippen molar-refractivity contribution in [1.29, 1.82) is 0 Å². The highest BCUT2D eigenvalue weighted by atomic mass is 31.1. The zero-order valence-electron chi connectivity index (χ0n) is 20.8. The molecule has 0 N–H and O–H groups in total. The molecule has 0 spiro atoms. The zero-order valence-corrected chi connectivity index (χ0v) is 22.5. The van der Waals surface area contributed by atoms with Gasteiger partial charge in [0.15, 0.2) is 0 Å². The van der Waals surface area contributed by atoms with E-state index in [0.717, 1.165) is 0 Å². The molecule has 2 heteroatoms. The lowest BCUT2D eigenvalue weighted by Crippen LogP contribution is -2.37. The van der Waals surface area contributed by atoms with Crippen molar-refractivity contribution >= 4 is 37.1 Å². The summed E-state index contributed by atoms with van der Waals surface area (Å²) in [7, 11) is -0.937. The molecule has 0 nitrogen and oxygen atoms in total. The van der Waals surface area contributed by atoms with Crippen LogP contribution in [0.15, 0.2) is 121 Å². The lowest BCUT2D eigenvalue weighted by molar-refractivity contribution is 0.376. The first-order valence-electron chi connectivity index (χ1n) is 12.4. The highest BCUT2D eigenvalue weighted by molar-refractivity contribution is 7.74. The van der Waals surface area contributed by atoms with Gasteiger partial charge in [-0.25, -0.2) is 0 Å². The smallest absolute Gasteiger partial charge is 0.0120 e. The summed E-state index contributed by atoms with van der Waals surface area (Å²) in [5.41, 5.74) is 1.12. The van der Waals surface area contributed by atoms with E-state index in [1.165, 1.54) is 21.2 Å². The molecule has 4 rings (SSSR count). The van der Waals surface area contributed by atoms with E-state index in [2.05, 4.69) is 149 Å². The molecular weight excluding hydrogens is 446 g/mol. The van der Waals surface area contributed by atoms with Gasteiger partial charge in [-0.05, 0) is 60.2 Å². The number of rotatable bonds is 9. The summed E-state index contributed by atoms with van der Waals surface area (Å²) >= 11 is 0. The van der Waals surface area contributed by atoms with Gasteiger partial charge in [-0.1, -0.05) is 149 Å². The normalized spacial score (nSPS) is 14.3. The van der Waals surface area contributed by atoms with Gasteiger partial charge < -0.3 is 0 Å². The first kappa shape index (κ1) is 24.9. The third kappa shape index (κ3) is 5.68. The van der Waals surface area contributed by atoms with Crippen LogP contribution in [0.1, 0.15) is 27.7 Å². The fourth-order valence-corrected chi connectivity index (χ4v) is 11.9. The summed E-state index contributed by atoms with van der Waals surface area (Å²) in [4.78, 5) is 0. The van der Waals surface area contributed by atoms with Crippen molar-refractivity contribution in [2.45, 2.75) is 39.0 Å². The summed E-state index contributed by atoms with van der Waals surface area (Å²) in [5, 5.41) is 5.94. The van der Waals surface area contributed by atoms with Crippen LogP contribution >= 0.6 is 15.8 Å². The molecule has 0 amide bonds. The second-order valence-corrected chi connectivity index (χ2v) is 14.6. The van der Waals surface area contributed by atoms with E-state index in [-0.39, 0.29) is 0 Å². The van der Waals surface area contributed by atoms with Crippen molar-refractivity contribution < 1.29 is 0 Å². The van der Waals surface area contributed by atoms with Crippen LogP contribution in [0.3, 0.4) is 0 Å². The minimum absolute atomic E-state index is 0.469. The summed E-state index contributed by atoms with van der Waals surface area (Å²) in [6, 6.07) is 44.9. The van der Waals surface area contributed by atoms with Gasteiger partial charge in [0, 0.05) is 0 Å². The van der Waals surface area contributed by atoms with Gasteiger partial charge in [0.2, 0.25) is 0 Å². The molecule has 0 saturated carbocycles. The highest BCUT2D eigenvalue weighted by Crippen LogP contribution is 2.52. The molecule has 0 bridgehead atoms. The maximum Gasteiger partial charge on any atom is -0.0120 e. The van der Waals surface area contributed by atoms with Gasteiger partial charge in [0.1, 0.15) is 0 Å². The van der Waals surface area contributed by atoms with Gasteiger partial charge in [-0.3, -0.25) is 0 Å². The van der Waals surface area contributed by atoms with E-state index in [1.807, 2.05) is 0 Å². The molecule has 2 unspecified atom stereocenters. The Morgan fingerprint density at radius 2 is 0.618 bits per heavy atom. The predicted octanol–water partition coefficient (Wildman–Crippen LogP) is 7.30. The quantitative estimate of drug-likeness (QED) is 0.220. The number of hydrogen-bond donors (Lipinski definition) is 0. The lowest BCUT2D eigenvalue weighted by atomic mass is 9.90. The van der Waals surface area contributed by atoms with Crippen molar-refractivity contribution in [3.05, 3.63) is 121 Å². The Bertz CT molecular complexity index is 943. The van der Waals surface area contributed by atoms with Gasteiger partial charge in [-0.2, -0.15) is 0 Å². The van der Waals surface area contributed by atoms with Crippen LogP contribution in [-0.4, -0.2) is 11.3 Å². The minimum atomic E-state index is -0.469. The fourth-order valence-electron chi connectivity index (χ4n) is 5.45. The van der Waals surface area contributed by atoms with Gasteiger partial charge in [0.25, 0.3) is 0 Å². The third-order valence-electron chi connectivity index (χ3n) is 6.84. The molecule has 174 valence electrons. The third-order valence-corrected chi connectivity index (χ3v) is 12.6.